The second kappa shape index (κ2) is 4.19. The Balaban J connectivity index is 2.46. The molecule has 1 heterocycles. The Kier molecular flexibility index (Phi) is 2.74. The van der Waals surface area contributed by atoms with Crippen molar-refractivity contribution < 1.29 is 0 Å². The molecular weight excluding hydrogens is 198 g/mol. The number of hydrogen-bond donors (Lipinski definition) is 0. The summed E-state index contributed by atoms with van der Waals surface area (Å²) in [6.45, 7) is 3.99. The first-order chi connectivity index (χ1) is 7.74. The van der Waals surface area contributed by atoms with Crippen LogP contribution in [0.2, 0.25) is 0 Å². The lowest BCUT2D eigenvalue weighted by Gasteiger charge is -2.16. The number of aryl methyl sites for hydroxylation is 1. The molecule has 16 heavy (non-hydrogen) atoms. The van der Waals surface area contributed by atoms with Crippen molar-refractivity contribution in [2.75, 3.05) is 0 Å². The Hall–Kier alpha value is -2.08. The highest BCUT2D eigenvalue weighted by atomic mass is 15.1. The van der Waals surface area contributed by atoms with Crippen LogP contribution in [0.1, 0.15) is 30.0 Å². The predicted octanol–water partition coefficient (Wildman–Crippen LogP) is 2.67. The van der Waals surface area contributed by atoms with Crippen LogP contribution in [0.4, 0.5) is 0 Å². The topological polar surface area (TPSA) is 41.6 Å². The first-order valence-electron chi connectivity index (χ1n) is 5.23. The number of aromatic nitrogens is 2. The van der Waals surface area contributed by atoms with E-state index in [0.717, 1.165) is 5.82 Å². The van der Waals surface area contributed by atoms with Crippen molar-refractivity contribution in [3.05, 3.63) is 53.6 Å². The number of rotatable bonds is 2. The molecule has 1 aromatic heterocycles. The Morgan fingerprint density at radius 1 is 1.31 bits per heavy atom. The van der Waals surface area contributed by atoms with Crippen LogP contribution in [0.3, 0.4) is 0 Å². The van der Waals surface area contributed by atoms with Gasteiger partial charge in [-0.2, -0.15) is 5.26 Å². The molecule has 0 radical (unpaired) electrons. The zero-order valence-corrected chi connectivity index (χ0v) is 9.38. The van der Waals surface area contributed by atoms with Gasteiger partial charge in [0.25, 0.3) is 0 Å². The molecule has 0 aliphatic carbocycles. The van der Waals surface area contributed by atoms with Crippen LogP contribution in [-0.4, -0.2) is 9.55 Å². The smallest absolute Gasteiger partial charge is 0.140 e. The van der Waals surface area contributed by atoms with E-state index < -0.39 is 0 Å². The van der Waals surface area contributed by atoms with E-state index in [1.165, 1.54) is 5.56 Å². The molecule has 0 saturated heterocycles. The molecule has 2 aromatic rings. The Labute approximate surface area is 95.0 Å². The van der Waals surface area contributed by atoms with Gasteiger partial charge >= 0.3 is 0 Å². The summed E-state index contributed by atoms with van der Waals surface area (Å²) in [7, 11) is 0. The zero-order valence-electron chi connectivity index (χ0n) is 9.38. The molecule has 80 valence electrons. The lowest BCUT2D eigenvalue weighted by atomic mass is 10.1. The van der Waals surface area contributed by atoms with E-state index in [1.54, 1.807) is 6.20 Å². The molecule has 3 nitrogen and oxygen atoms in total. The predicted molar refractivity (Wildman–Crippen MR) is 61.9 cm³/mol. The second-order valence-corrected chi connectivity index (χ2v) is 3.76. The molecule has 0 aliphatic heterocycles. The summed E-state index contributed by atoms with van der Waals surface area (Å²) in [4.78, 5) is 4.17. The van der Waals surface area contributed by atoms with Gasteiger partial charge in [-0.1, -0.05) is 30.3 Å². The molecule has 2 rings (SSSR count). The quantitative estimate of drug-likeness (QED) is 0.766. The molecule has 1 atom stereocenters. The van der Waals surface area contributed by atoms with E-state index in [1.807, 2.05) is 29.7 Å². The highest BCUT2D eigenvalue weighted by Crippen LogP contribution is 2.20. The van der Waals surface area contributed by atoms with Crippen LogP contribution < -0.4 is 0 Å². The molecular formula is C13H13N3. The molecule has 0 bridgehead atoms. The van der Waals surface area contributed by atoms with Crippen molar-refractivity contribution in [2.45, 2.75) is 19.9 Å². The van der Waals surface area contributed by atoms with Crippen molar-refractivity contribution in [3.63, 3.8) is 0 Å². The van der Waals surface area contributed by atoms with E-state index in [4.69, 9.17) is 5.26 Å². The third-order valence-corrected chi connectivity index (χ3v) is 2.77. The molecule has 0 amide bonds. The average Bonchev–Trinajstić information content (AvgIpc) is 2.70. The van der Waals surface area contributed by atoms with Gasteiger partial charge < -0.3 is 4.57 Å². The maximum Gasteiger partial charge on any atom is 0.140 e. The molecule has 0 unspecified atom stereocenters. The fourth-order valence-electron chi connectivity index (χ4n) is 1.91. The van der Waals surface area contributed by atoms with Gasteiger partial charge in [0.1, 0.15) is 17.6 Å². The fourth-order valence-corrected chi connectivity index (χ4v) is 1.91. The normalized spacial score (nSPS) is 12.1. The van der Waals surface area contributed by atoms with Crippen molar-refractivity contribution in [1.29, 1.82) is 5.26 Å². The fraction of sp³-hybridized carbons (Fsp3) is 0.231. The molecule has 0 saturated carbocycles. The minimum absolute atomic E-state index is 0.137. The summed E-state index contributed by atoms with van der Waals surface area (Å²) in [6.07, 6.45) is 1.62. The molecule has 0 fully saturated rings. The first-order valence-corrected chi connectivity index (χ1v) is 5.23. The highest BCUT2D eigenvalue weighted by molar-refractivity contribution is 5.26. The molecule has 0 N–H and O–H groups in total. The maximum absolute atomic E-state index is 9.02. The molecule has 1 aromatic carbocycles. The van der Waals surface area contributed by atoms with E-state index in [2.05, 4.69) is 30.1 Å². The van der Waals surface area contributed by atoms with Crippen LogP contribution in [0, 0.1) is 18.3 Å². The molecule has 0 aliphatic rings. The Morgan fingerprint density at radius 3 is 2.62 bits per heavy atom. The summed E-state index contributed by atoms with van der Waals surface area (Å²) >= 11 is 0. The van der Waals surface area contributed by atoms with E-state index in [0.29, 0.717) is 5.69 Å². The van der Waals surface area contributed by atoms with E-state index >= 15 is 0 Å². The number of nitrogens with zero attached hydrogens (tertiary/aromatic N) is 3. The summed E-state index contributed by atoms with van der Waals surface area (Å²) in [6, 6.07) is 12.4. The Bertz CT molecular complexity index is 520. The lowest BCUT2D eigenvalue weighted by Crippen LogP contribution is -2.10. The monoisotopic (exact) mass is 211 g/mol. The molecule has 0 spiro atoms. The number of hydrogen-bond acceptors (Lipinski definition) is 2. The highest BCUT2D eigenvalue weighted by Gasteiger charge is 2.13. The van der Waals surface area contributed by atoms with Crippen LogP contribution >= 0.6 is 0 Å². The summed E-state index contributed by atoms with van der Waals surface area (Å²) in [5, 5.41) is 9.02. The Morgan fingerprint density at radius 2 is 2.00 bits per heavy atom. The van der Waals surface area contributed by atoms with E-state index in [9.17, 15) is 0 Å². The van der Waals surface area contributed by atoms with Gasteiger partial charge in [0, 0.05) is 0 Å². The van der Waals surface area contributed by atoms with Gasteiger partial charge in [-0.15, -0.1) is 0 Å². The van der Waals surface area contributed by atoms with Crippen LogP contribution in [-0.2, 0) is 0 Å². The zero-order chi connectivity index (χ0) is 11.5. The van der Waals surface area contributed by atoms with E-state index in [-0.39, 0.29) is 6.04 Å². The second-order valence-electron chi connectivity index (χ2n) is 3.76. The van der Waals surface area contributed by atoms with Crippen molar-refractivity contribution >= 4 is 0 Å². The summed E-state index contributed by atoms with van der Waals surface area (Å²) in [5.41, 5.74) is 1.79. The first kappa shape index (κ1) is 10.4. The summed E-state index contributed by atoms with van der Waals surface area (Å²) in [5.74, 6) is 0.868. The third-order valence-electron chi connectivity index (χ3n) is 2.77. The van der Waals surface area contributed by atoms with Crippen LogP contribution in [0.25, 0.3) is 0 Å². The number of nitriles is 1. The minimum atomic E-state index is 0.137. The third kappa shape index (κ3) is 1.70. The number of benzene rings is 1. The van der Waals surface area contributed by atoms with Gasteiger partial charge in [0.15, 0.2) is 0 Å². The van der Waals surface area contributed by atoms with Gasteiger partial charge in [-0.05, 0) is 19.4 Å². The van der Waals surface area contributed by atoms with Gasteiger partial charge in [-0.25, -0.2) is 4.98 Å². The van der Waals surface area contributed by atoms with Gasteiger partial charge in [0.2, 0.25) is 0 Å². The van der Waals surface area contributed by atoms with Gasteiger partial charge in [0.05, 0.1) is 12.2 Å². The number of imidazole rings is 1. The average molecular weight is 211 g/mol. The largest absolute Gasteiger partial charge is 0.313 e. The van der Waals surface area contributed by atoms with Gasteiger partial charge in [-0.3, -0.25) is 0 Å². The van der Waals surface area contributed by atoms with Crippen molar-refractivity contribution in [3.8, 4) is 6.07 Å². The SMILES string of the molecule is Cc1ncc(C#N)n1[C@@H](C)c1ccccc1. The van der Waals surface area contributed by atoms with Crippen molar-refractivity contribution in [1.82, 2.24) is 9.55 Å². The van der Waals surface area contributed by atoms with Crippen LogP contribution in [0.15, 0.2) is 36.5 Å². The maximum atomic E-state index is 9.02. The summed E-state index contributed by atoms with van der Waals surface area (Å²) < 4.78 is 1.95. The molecule has 3 heteroatoms. The van der Waals surface area contributed by atoms with Crippen LogP contribution in [0.5, 0.6) is 0 Å². The van der Waals surface area contributed by atoms with Crippen molar-refractivity contribution in [2.24, 2.45) is 0 Å². The minimum Gasteiger partial charge on any atom is -0.313 e. The lowest BCUT2D eigenvalue weighted by molar-refractivity contribution is 0.612. The standard InChI is InChI=1S/C13H13N3/c1-10(12-6-4-3-5-7-12)16-11(2)15-9-13(16)8-14/h3-7,9-10H,1-2H3/t10-/m0/s1.